The summed E-state index contributed by atoms with van der Waals surface area (Å²) < 4.78 is 1.70. The lowest BCUT2D eigenvalue weighted by Gasteiger charge is -2.40. The van der Waals surface area contributed by atoms with Crippen LogP contribution in [0.15, 0.2) is 17.2 Å². The zero-order valence-corrected chi connectivity index (χ0v) is 8.73. The van der Waals surface area contributed by atoms with Crippen LogP contribution >= 0.6 is 0 Å². The SMILES string of the molecule is CC1CCCC(C)N1n1cc[nH]c1=O. The molecule has 1 aliphatic rings. The molecule has 1 fully saturated rings. The summed E-state index contributed by atoms with van der Waals surface area (Å²) in [5, 5.41) is 2.17. The van der Waals surface area contributed by atoms with Gasteiger partial charge in [0.25, 0.3) is 0 Å². The van der Waals surface area contributed by atoms with Crippen molar-refractivity contribution in [2.24, 2.45) is 0 Å². The first-order valence-corrected chi connectivity index (χ1v) is 5.25. The Morgan fingerprint density at radius 1 is 1.36 bits per heavy atom. The lowest BCUT2D eigenvalue weighted by Crippen LogP contribution is -2.53. The van der Waals surface area contributed by atoms with Crippen LogP contribution in [0.2, 0.25) is 0 Å². The van der Waals surface area contributed by atoms with Crippen LogP contribution in [0, 0.1) is 0 Å². The molecule has 4 nitrogen and oxygen atoms in total. The van der Waals surface area contributed by atoms with Crippen LogP contribution in [0.3, 0.4) is 0 Å². The molecule has 1 aromatic rings. The fourth-order valence-corrected chi connectivity index (χ4v) is 2.33. The van der Waals surface area contributed by atoms with Crippen LogP contribution in [0.5, 0.6) is 0 Å². The number of aromatic nitrogens is 2. The first-order chi connectivity index (χ1) is 6.70. The van der Waals surface area contributed by atoms with Gasteiger partial charge < -0.3 is 9.99 Å². The number of imidazole rings is 1. The minimum Gasteiger partial charge on any atom is -0.311 e. The lowest BCUT2D eigenvalue weighted by atomic mass is 10.00. The zero-order chi connectivity index (χ0) is 10.1. The van der Waals surface area contributed by atoms with Crippen LogP contribution in [-0.4, -0.2) is 21.7 Å². The highest BCUT2D eigenvalue weighted by Crippen LogP contribution is 2.19. The number of aromatic amines is 1. The Labute approximate surface area is 83.5 Å². The first-order valence-electron chi connectivity index (χ1n) is 5.25. The van der Waals surface area contributed by atoms with Crippen LogP contribution in [0.25, 0.3) is 0 Å². The van der Waals surface area contributed by atoms with Gasteiger partial charge in [-0.3, -0.25) is 0 Å². The predicted molar refractivity (Wildman–Crippen MR) is 56.0 cm³/mol. The predicted octanol–water partition coefficient (Wildman–Crippen LogP) is 1.08. The molecule has 0 bridgehead atoms. The Bertz CT molecular complexity index is 344. The van der Waals surface area contributed by atoms with Gasteiger partial charge in [0.1, 0.15) is 0 Å². The summed E-state index contributed by atoms with van der Waals surface area (Å²) >= 11 is 0. The second kappa shape index (κ2) is 3.52. The van der Waals surface area contributed by atoms with Gasteiger partial charge in [0.2, 0.25) is 0 Å². The highest BCUT2D eigenvalue weighted by atomic mass is 16.2. The molecule has 4 heteroatoms. The zero-order valence-electron chi connectivity index (χ0n) is 8.73. The molecule has 1 aromatic heterocycles. The maximum absolute atomic E-state index is 11.5. The van der Waals surface area contributed by atoms with Crippen molar-refractivity contribution in [3.8, 4) is 0 Å². The van der Waals surface area contributed by atoms with Crippen molar-refractivity contribution in [1.82, 2.24) is 9.66 Å². The van der Waals surface area contributed by atoms with Gasteiger partial charge in [-0.05, 0) is 33.1 Å². The number of piperidine rings is 1. The molecule has 78 valence electrons. The number of nitrogens with one attached hydrogen (secondary N) is 1. The second-order valence-corrected chi connectivity index (χ2v) is 4.12. The number of hydrogen-bond donors (Lipinski definition) is 1. The topological polar surface area (TPSA) is 41.0 Å². The van der Waals surface area contributed by atoms with E-state index in [1.165, 1.54) is 19.3 Å². The van der Waals surface area contributed by atoms with Gasteiger partial charge in [0, 0.05) is 24.5 Å². The van der Waals surface area contributed by atoms with Gasteiger partial charge in [-0.15, -0.1) is 0 Å². The molecule has 0 saturated carbocycles. The van der Waals surface area contributed by atoms with E-state index in [0.29, 0.717) is 12.1 Å². The molecule has 1 aliphatic heterocycles. The third-order valence-corrected chi connectivity index (χ3v) is 3.03. The fraction of sp³-hybridized carbons (Fsp3) is 0.700. The summed E-state index contributed by atoms with van der Waals surface area (Å²) in [4.78, 5) is 14.1. The minimum absolute atomic E-state index is 0.0365. The van der Waals surface area contributed by atoms with Gasteiger partial charge in [0.05, 0.1) is 0 Å². The summed E-state index contributed by atoms with van der Waals surface area (Å²) in [6.45, 7) is 4.35. The Morgan fingerprint density at radius 3 is 2.50 bits per heavy atom. The molecule has 0 aromatic carbocycles. The summed E-state index contributed by atoms with van der Waals surface area (Å²) in [6, 6.07) is 0.902. The van der Waals surface area contributed by atoms with Crippen molar-refractivity contribution in [1.29, 1.82) is 0 Å². The smallest absolute Gasteiger partial charge is 0.311 e. The number of H-pyrrole nitrogens is 1. The summed E-state index contributed by atoms with van der Waals surface area (Å²) in [5.74, 6) is 0. The summed E-state index contributed by atoms with van der Waals surface area (Å²) in [6.07, 6.45) is 7.10. The normalized spacial score (nSPS) is 28.0. The van der Waals surface area contributed by atoms with Crippen LogP contribution in [0.1, 0.15) is 33.1 Å². The minimum atomic E-state index is -0.0365. The van der Waals surface area contributed by atoms with E-state index in [1.807, 2.05) is 0 Å². The molecule has 2 unspecified atom stereocenters. The van der Waals surface area contributed by atoms with Crippen LogP contribution < -0.4 is 10.7 Å². The van der Waals surface area contributed by atoms with E-state index in [2.05, 4.69) is 23.8 Å². The monoisotopic (exact) mass is 195 g/mol. The lowest BCUT2D eigenvalue weighted by molar-refractivity contribution is 0.331. The van der Waals surface area contributed by atoms with Crippen molar-refractivity contribution in [2.45, 2.75) is 45.2 Å². The molecule has 1 saturated heterocycles. The van der Waals surface area contributed by atoms with Crippen molar-refractivity contribution < 1.29 is 0 Å². The molecule has 2 atom stereocenters. The number of hydrogen-bond acceptors (Lipinski definition) is 2. The van der Waals surface area contributed by atoms with Crippen molar-refractivity contribution in [3.63, 3.8) is 0 Å². The van der Waals surface area contributed by atoms with Crippen molar-refractivity contribution in [3.05, 3.63) is 22.9 Å². The number of nitrogens with zero attached hydrogens (tertiary/aromatic N) is 2. The maximum Gasteiger partial charge on any atom is 0.344 e. The first kappa shape index (κ1) is 9.37. The molecular weight excluding hydrogens is 178 g/mol. The molecule has 2 heterocycles. The van der Waals surface area contributed by atoms with Gasteiger partial charge in [-0.1, -0.05) is 0 Å². The third-order valence-electron chi connectivity index (χ3n) is 3.03. The van der Waals surface area contributed by atoms with E-state index in [4.69, 9.17) is 0 Å². The molecule has 0 spiro atoms. The Balaban J connectivity index is 2.31. The molecule has 0 amide bonds. The third kappa shape index (κ3) is 1.45. The Kier molecular flexibility index (Phi) is 2.35. The maximum atomic E-state index is 11.5. The van der Waals surface area contributed by atoms with Crippen molar-refractivity contribution >= 4 is 0 Å². The van der Waals surface area contributed by atoms with E-state index in [1.54, 1.807) is 17.1 Å². The van der Waals surface area contributed by atoms with E-state index >= 15 is 0 Å². The van der Waals surface area contributed by atoms with E-state index in [-0.39, 0.29) is 5.69 Å². The van der Waals surface area contributed by atoms with Gasteiger partial charge in [-0.2, -0.15) is 0 Å². The number of rotatable bonds is 1. The highest BCUT2D eigenvalue weighted by Gasteiger charge is 2.25. The van der Waals surface area contributed by atoms with E-state index < -0.39 is 0 Å². The Hall–Kier alpha value is -1.19. The highest BCUT2D eigenvalue weighted by molar-refractivity contribution is 5.01. The standard InChI is InChI=1S/C10H17N3O/c1-8-4-3-5-9(2)13(8)12-7-6-11-10(12)14/h6-9H,3-5H2,1-2H3,(H,11,14). The molecule has 2 rings (SSSR count). The molecule has 14 heavy (non-hydrogen) atoms. The van der Waals surface area contributed by atoms with Gasteiger partial charge in [-0.25, -0.2) is 9.47 Å². The average molecular weight is 195 g/mol. The summed E-state index contributed by atoms with van der Waals surface area (Å²) in [5.41, 5.74) is -0.0365. The molecule has 0 aliphatic carbocycles. The fourth-order valence-electron chi connectivity index (χ4n) is 2.33. The quantitative estimate of drug-likeness (QED) is 0.728. The largest absolute Gasteiger partial charge is 0.344 e. The van der Waals surface area contributed by atoms with Gasteiger partial charge in [0.15, 0.2) is 0 Å². The second-order valence-electron chi connectivity index (χ2n) is 4.12. The van der Waals surface area contributed by atoms with Gasteiger partial charge >= 0.3 is 5.69 Å². The Morgan fingerprint density at radius 2 is 2.00 bits per heavy atom. The van der Waals surface area contributed by atoms with E-state index in [9.17, 15) is 4.79 Å². The molecule has 0 radical (unpaired) electrons. The summed E-state index contributed by atoms with van der Waals surface area (Å²) in [7, 11) is 0. The van der Waals surface area contributed by atoms with Crippen molar-refractivity contribution in [2.75, 3.05) is 5.01 Å². The molecule has 1 N–H and O–H groups in total. The van der Waals surface area contributed by atoms with Crippen LogP contribution in [0.4, 0.5) is 0 Å². The molecular formula is C10H17N3O. The van der Waals surface area contributed by atoms with Crippen LogP contribution in [-0.2, 0) is 0 Å². The van der Waals surface area contributed by atoms with E-state index in [0.717, 1.165) is 0 Å². The average Bonchev–Trinajstić information content (AvgIpc) is 2.52.